The van der Waals surface area contributed by atoms with Crippen molar-refractivity contribution in [2.45, 2.75) is 46.1 Å². The van der Waals surface area contributed by atoms with Crippen LogP contribution < -0.4 is 0 Å². The Morgan fingerprint density at radius 2 is 1.57 bits per heavy atom. The van der Waals surface area contributed by atoms with Crippen LogP contribution >= 0.6 is 0 Å². The van der Waals surface area contributed by atoms with Gasteiger partial charge in [0.1, 0.15) is 0 Å². The van der Waals surface area contributed by atoms with Gasteiger partial charge in [-0.1, -0.05) is 20.8 Å². The Kier molecular flexibility index (Phi) is 12.1. The third-order valence-electron chi connectivity index (χ3n) is 3.93. The molecule has 0 aromatic heterocycles. The van der Waals surface area contributed by atoms with Crippen LogP contribution in [0.4, 0.5) is 0 Å². The van der Waals surface area contributed by atoms with Crippen LogP contribution in [-0.2, 0) is 13.3 Å². The topological polar surface area (TPSA) is 43.3 Å². The summed E-state index contributed by atoms with van der Waals surface area (Å²) < 4.78 is 16.3. The minimum absolute atomic E-state index is 0.813. The van der Waals surface area contributed by atoms with Crippen molar-refractivity contribution in [2.24, 2.45) is 4.99 Å². The summed E-state index contributed by atoms with van der Waals surface area (Å²) in [4.78, 5) is 7.17. The second-order valence-electron chi connectivity index (χ2n) is 4.98. The van der Waals surface area contributed by atoms with Gasteiger partial charge in [0.05, 0.1) is 0 Å². The Morgan fingerprint density at radius 1 is 1.00 bits per heavy atom. The monoisotopic (exact) mass is 318 g/mol. The van der Waals surface area contributed by atoms with E-state index in [1.54, 1.807) is 21.3 Å². The van der Waals surface area contributed by atoms with E-state index in [0.29, 0.717) is 0 Å². The number of rotatable bonds is 13. The van der Waals surface area contributed by atoms with Crippen LogP contribution in [0.25, 0.3) is 0 Å². The zero-order chi connectivity index (χ0) is 16.1. The molecule has 0 saturated heterocycles. The van der Waals surface area contributed by atoms with Gasteiger partial charge in [0, 0.05) is 46.2 Å². The van der Waals surface area contributed by atoms with Crippen molar-refractivity contribution in [3.63, 3.8) is 0 Å². The van der Waals surface area contributed by atoms with Gasteiger partial charge in [0.15, 0.2) is 0 Å². The lowest BCUT2D eigenvalue weighted by atomic mass is 10.2. The molecule has 0 atom stereocenters. The largest absolute Gasteiger partial charge is 0.500 e. The molecule has 0 rings (SSSR count). The summed E-state index contributed by atoms with van der Waals surface area (Å²) in [6.07, 6.45) is 3.04. The summed E-state index contributed by atoms with van der Waals surface area (Å²) in [6, 6.07) is 0.813. The standard InChI is InChI=1S/C15H34N2O3Si/c1-7-15(11-13-17(8-2)9-3)16-12-10-14-21(18-4,19-5)20-6/h7-14H2,1-6H3. The van der Waals surface area contributed by atoms with Crippen molar-refractivity contribution in [3.05, 3.63) is 0 Å². The molecule has 0 aromatic carbocycles. The van der Waals surface area contributed by atoms with Crippen molar-refractivity contribution < 1.29 is 13.3 Å². The molecule has 0 heterocycles. The number of aliphatic imine (C=N–C) groups is 1. The quantitative estimate of drug-likeness (QED) is 0.297. The first-order chi connectivity index (χ1) is 10.1. The van der Waals surface area contributed by atoms with Gasteiger partial charge in [-0.15, -0.1) is 0 Å². The molecular formula is C15H34N2O3Si. The van der Waals surface area contributed by atoms with Gasteiger partial charge < -0.3 is 18.2 Å². The van der Waals surface area contributed by atoms with Crippen LogP contribution in [-0.4, -0.2) is 66.9 Å². The molecule has 0 aliphatic rings. The molecule has 0 N–H and O–H groups in total. The molecule has 126 valence electrons. The molecule has 0 bridgehead atoms. The predicted octanol–water partition coefficient (Wildman–Crippen LogP) is 2.84. The lowest BCUT2D eigenvalue weighted by molar-refractivity contribution is 0.123. The van der Waals surface area contributed by atoms with E-state index in [4.69, 9.17) is 18.3 Å². The molecule has 5 nitrogen and oxygen atoms in total. The highest BCUT2D eigenvalue weighted by Crippen LogP contribution is 2.15. The van der Waals surface area contributed by atoms with Gasteiger partial charge in [-0.25, -0.2) is 0 Å². The third kappa shape index (κ3) is 8.06. The molecule has 21 heavy (non-hydrogen) atoms. The zero-order valence-corrected chi connectivity index (χ0v) is 15.8. The van der Waals surface area contributed by atoms with E-state index in [1.165, 1.54) is 5.71 Å². The average Bonchev–Trinajstić information content (AvgIpc) is 2.54. The van der Waals surface area contributed by atoms with E-state index in [9.17, 15) is 0 Å². The first-order valence-electron chi connectivity index (χ1n) is 8.01. The van der Waals surface area contributed by atoms with Crippen molar-refractivity contribution in [3.8, 4) is 0 Å². The zero-order valence-electron chi connectivity index (χ0n) is 14.8. The number of hydrogen-bond donors (Lipinski definition) is 0. The molecule has 0 aromatic rings. The fourth-order valence-electron chi connectivity index (χ4n) is 2.28. The van der Waals surface area contributed by atoms with Gasteiger partial charge >= 0.3 is 8.80 Å². The van der Waals surface area contributed by atoms with Crippen LogP contribution in [0, 0.1) is 0 Å². The van der Waals surface area contributed by atoms with Crippen molar-refractivity contribution in [1.29, 1.82) is 0 Å². The highest BCUT2D eigenvalue weighted by atomic mass is 28.4. The third-order valence-corrected chi connectivity index (χ3v) is 6.76. The number of nitrogens with zero attached hydrogens (tertiary/aromatic N) is 2. The minimum atomic E-state index is -2.43. The highest BCUT2D eigenvalue weighted by molar-refractivity contribution is 6.60. The maximum absolute atomic E-state index is 5.42. The lowest BCUT2D eigenvalue weighted by Gasteiger charge is -2.23. The van der Waals surface area contributed by atoms with E-state index >= 15 is 0 Å². The van der Waals surface area contributed by atoms with Crippen molar-refractivity contribution >= 4 is 14.5 Å². The highest BCUT2D eigenvalue weighted by Gasteiger charge is 2.36. The summed E-state index contributed by atoms with van der Waals surface area (Å²) in [5, 5.41) is 0. The first kappa shape index (κ1) is 20.7. The molecule has 6 heteroatoms. The van der Waals surface area contributed by atoms with Crippen molar-refractivity contribution in [2.75, 3.05) is 47.5 Å². The Bertz CT molecular complexity index is 272. The van der Waals surface area contributed by atoms with E-state index in [2.05, 4.69) is 25.7 Å². The van der Waals surface area contributed by atoms with Crippen LogP contribution in [0.2, 0.25) is 6.04 Å². The predicted molar refractivity (Wildman–Crippen MR) is 91.2 cm³/mol. The molecular weight excluding hydrogens is 284 g/mol. The van der Waals surface area contributed by atoms with Gasteiger partial charge in [-0.05, 0) is 32.4 Å². The van der Waals surface area contributed by atoms with Gasteiger partial charge in [-0.2, -0.15) is 0 Å². The van der Waals surface area contributed by atoms with Crippen LogP contribution in [0.3, 0.4) is 0 Å². The Hall–Kier alpha value is -0.273. The van der Waals surface area contributed by atoms with Crippen LogP contribution in [0.5, 0.6) is 0 Å². The summed E-state index contributed by atoms with van der Waals surface area (Å²) in [6.45, 7) is 10.7. The second kappa shape index (κ2) is 12.3. The van der Waals surface area contributed by atoms with E-state index in [0.717, 1.165) is 51.5 Å². The number of hydrogen-bond acceptors (Lipinski definition) is 5. The van der Waals surface area contributed by atoms with E-state index in [1.807, 2.05) is 0 Å². The maximum atomic E-state index is 5.42. The van der Waals surface area contributed by atoms with Gasteiger partial charge in [0.25, 0.3) is 0 Å². The molecule has 0 aliphatic heterocycles. The van der Waals surface area contributed by atoms with Crippen molar-refractivity contribution in [1.82, 2.24) is 4.90 Å². The average molecular weight is 319 g/mol. The second-order valence-corrected chi connectivity index (χ2v) is 8.07. The SMILES string of the molecule is CCC(CCN(CC)CC)=NCCC[Si](OC)(OC)OC. The maximum Gasteiger partial charge on any atom is 0.500 e. The lowest BCUT2D eigenvalue weighted by Crippen LogP contribution is -2.42. The molecule has 0 radical (unpaired) electrons. The van der Waals surface area contributed by atoms with E-state index < -0.39 is 8.80 Å². The smallest absolute Gasteiger partial charge is 0.377 e. The fourth-order valence-corrected chi connectivity index (χ4v) is 3.99. The molecule has 0 fully saturated rings. The Balaban J connectivity index is 4.18. The molecule has 0 spiro atoms. The van der Waals surface area contributed by atoms with Crippen LogP contribution in [0.1, 0.15) is 40.0 Å². The molecule has 0 unspecified atom stereocenters. The van der Waals surface area contributed by atoms with Gasteiger partial charge in [-0.3, -0.25) is 4.99 Å². The Morgan fingerprint density at radius 3 is 2.00 bits per heavy atom. The Labute approximate surface area is 132 Å². The first-order valence-corrected chi connectivity index (χ1v) is 9.94. The normalized spacial score (nSPS) is 13.2. The molecule has 0 saturated carbocycles. The molecule has 0 aliphatic carbocycles. The van der Waals surface area contributed by atoms with E-state index in [-0.39, 0.29) is 0 Å². The molecule has 0 amide bonds. The fraction of sp³-hybridized carbons (Fsp3) is 0.933. The summed E-state index contributed by atoms with van der Waals surface area (Å²) in [5.41, 5.74) is 1.31. The van der Waals surface area contributed by atoms with Gasteiger partial charge in [0.2, 0.25) is 0 Å². The summed E-state index contributed by atoms with van der Waals surface area (Å²) >= 11 is 0. The summed E-state index contributed by atoms with van der Waals surface area (Å²) in [7, 11) is 2.55. The summed E-state index contributed by atoms with van der Waals surface area (Å²) in [5.74, 6) is 0. The minimum Gasteiger partial charge on any atom is -0.377 e. The van der Waals surface area contributed by atoms with Crippen LogP contribution in [0.15, 0.2) is 4.99 Å².